The van der Waals surface area contributed by atoms with Gasteiger partial charge in [-0.2, -0.15) is 4.98 Å². The molecule has 6 heteroatoms. The normalized spacial score (nSPS) is 25.1. The Kier molecular flexibility index (Phi) is 5.55. The molecule has 2 aromatic carbocycles. The molecule has 5 rings (SSSR count). The van der Waals surface area contributed by atoms with Crippen LogP contribution in [-0.4, -0.2) is 40.1 Å². The number of carbonyl (C=O) groups excluding carboxylic acids is 1. The van der Waals surface area contributed by atoms with E-state index < -0.39 is 0 Å². The van der Waals surface area contributed by atoms with E-state index in [0.717, 1.165) is 49.5 Å². The molecule has 1 aromatic heterocycles. The Labute approximate surface area is 189 Å². The molecule has 166 valence electrons. The van der Waals surface area contributed by atoms with E-state index in [1.54, 1.807) is 0 Å². The Balaban J connectivity index is 1.30. The lowest BCUT2D eigenvalue weighted by molar-refractivity contribution is -0.121. The van der Waals surface area contributed by atoms with Crippen LogP contribution in [0.5, 0.6) is 0 Å². The van der Waals surface area contributed by atoms with Gasteiger partial charge in [0.2, 0.25) is 11.8 Å². The lowest BCUT2D eigenvalue weighted by atomic mass is 9.80. The maximum atomic E-state index is 12.8. The Hall–Kier alpha value is -2.99. The molecule has 0 bridgehead atoms. The van der Waals surface area contributed by atoms with Crippen LogP contribution in [0, 0.1) is 19.8 Å². The third-order valence-electron chi connectivity index (χ3n) is 7.13. The number of fused-ring (bicyclic) bond motifs is 1. The van der Waals surface area contributed by atoms with Gasteiger partial charge in [-0.3, -0.25) is 9.69 Å². The maximum Gasteiger partial charge on any atom is 0.234 e. The molecule has 1 N–H and O–H groups in total. The Morgan fingerprint density at radius 3 is 2.69 bits per heavy atom. The molecule has 0 spiro atoms. The number of nitrogens with zero attached hydrogens (tertiary/aromatic N) is 3. The van der Waals surface area contributed by atoms with Crippen molar-refractivity contribution >= 4 is 5.91 Å². The van der Waals surface area contributed by atoms with Gasteiger partial charge in [-0.15, -0.1) is 0 Å². The number of nitrogens with one attached hydrogen (secondary N) is 1. The predicted molar refractivity (Wildman–Crippen MR) is 122 cm³/mol. The molecular formula is C26H30N4O2. The molecule has 2 fully saturated rings. The zero-order valence-corrected chi connectivity index (χ0v) is 18.8. The molecule has 3 unspecified atom stereocenters. The van der Waals surface area contributed by atoms with E-state index in [9.17, 15) is 4.79 Å². The number of aromatic nitrogens is 2. The van der Waals surface area contributed by atoms with Crippen molar-refractivity contribution in [3.05, 3.63) is 83.0 Å². The van der Waals surface area contributed by atoms with Crippen LogP contribution in [0.25, 0.3) is 0 Å². The average Bonchev–Trinajstić information content (AvgIpc) is 3.43. The van der Waals surface area contributed by atoms with E-state index in [1.165, 1.54) is 5.56 Å². The molecule has 2 aliphatic rings. The molecule has 1 aliphatic heterocycles. The van der Waals surface area contributed by atoms with E-state index in [-0.39, 0.29) is 17.4 Å². The molecule has 3 aromatic rings. The molecule has 1 aliphatic carbocycles. The van der Waals surface area contributed by atoms with Gasteiger partial charge in [0.05, 0.1) is 11.8 Å². The summed E-state index contributed by atoms with van der Waals surface area (Å²) in [7, 11) is 0. The summed E-state index contributed by atoms with van der Waals surface area (Å²) in [6.07, 6.45) is 2.19. The quantitative estimate of drug-likeness (QED) is 0.647. The van der Waals surface area contributed by atoms with Crippen molar-refractivity contribution in [3.8, 4) is 0 Å². The van der Waals surface area contributed by atoms with Crippen molar-refractivity contribution in [2.75, 3.05) is 13.1 Å². The summed E-state index contributed by atoms with van der Waals surface area (Å²) in [5.74, 6) is 1.87. The summed E-state index contributed by atoms with van der Waals surface area (Å²) in [4.78, 5) is 20.0. The number of hydrogen-bond acceptors (Lipinski definition) is 5. The van der Waals surface area contributed by atoms with Gasteiger partial charge in [0.25, 0.3) is 0 Å². The minimum Gasteiger partial charge on any atom is -0.353 e. The summed E-state index contributed by atoms with van der Waals surface area (Å²) >= 11 is 0. The fraction of sp³-hybridized carbons (Fsp3) is 0.423. The highest BCUT2D eigenvalue weighted by molar-refractivity contribution is 5.79. The highest BCUT2D eigenvalue weighted by Gasteiger charge is 2.57. The van der Waals surface area contributed by atoms with Gasteiger partial charge in [-0.1, -0.05) is 59.8 Å². The highest BCUT2D eigenvalue weighted by Crippen LogP contribution is 2.50. The first kappa shape index (κ1) is 20.9. The summed E-state index contributed by atoms with van der Waals surface area (Å²) in [5.41, 5.74) is 3.35. The zero-order valence-electron chi connectivity index (χ0n) is 18.8. The first-order chi connectivity index (χ1) is 15.5. The van der Waals surface area contributed by atoms with Gasteiger partial charge in [-0.25, -0.2) is 0 Å². The predicted octanol–water partition coefficient (Wildman–Crippen LogP) is 3.58. The van der Waals surface area contributed by atoms with Crippen LogP contribution in [0.2, 0.25) is 0 Å². The minimum absolute atomic E-state index is 0.0854. The number of rotatable bonds is 6. The second-order valence-electron chi connectivity index (χ2n) is 9.46. The number of benzene rings is 2. The van der Waals surface area contributed by atoms with Gasteiger partial charge in [0, 0.05) is 25.7 Å². The van der Waals surface area contributed by atoms with Gasteiger partial charge < -0.3 is 9.84 Å². The Morgan fingerprint density at radius 2 is 1.94 bits per heavy atom. The van der Waals surface area contributed by atoms with E-state index in [1.807, 2.05) is 25.1 Å². The standard InChI is InChI=1S/C26H30N4O2/c1-18-8-6-7-11-21(18)12-24(31)28-23-13-22-16-30(15-20-9-4-3-5-10-20)17-26(22,14-23)25-27-19(2)29-32-25/h3-11,22-23H,12-17H2,1-2H3,(H,28,31). The molecule has 3 atom stereocenters. The van der Waals surface area contributed by atoms with Crippen LogP contribution in [0.4, 0.5) is 0 Å². The van der Waals surface area contributed by atoms with Crippen molar-refractivity contribution in [2.24, 2.45) is 5.92 Å². The fourth-order valence-electron chi connectivity index (χ4n) is 5.64. The summed E-state index contributed by atoms with van der Waals surface area (Å²) in [6, 6.07) is 18.8. The van der Waals surface area contributed by atoms with E-state index in [4.69, 9.17) is 4.52 Å². The number of aryl methyl sites for hydroxylation is 2. The summed E-state index contributed by atoms with van der Waals surface area (Å²) in [6.45, 7) is 6.68. The van der Waals surface area contributed by atoms with E-state index in [0.29, 0.717) is 18.2 Å². The molecular weight excluding hydrogens is 400 g/mol. The summed E-state index contributed by atoms with van der Waals surface area (Å²) < 4.78 is 5.72. The van der Waals surface area contributed by atoms with Gasteiger partial charge in [0.1, 0.15) is 0 Å². The fourth-order valence-corrected chi connectivity index (χ4v) is 5.64. The Morgan fingerprint density at radius 1 is 1.16 bits per heavy atom. The smallest absolute Gasteiger partial charge is 0.234 e. The van der Waals surface area contributed by atoms with Gasteiger partial charge >= 0.3 is 0 Å². The molecule has 0 radical (unpaired) electrons. The second kappa shape index (κ2) is 8.51. The largest absolute Gasteiger partial charge is 0.353 e. The van der Waals surface area contributed by atoms with Crippen LogP contribution in [0.3, 0.4) is 0 Å². The van der Waals surface area contributed by atoms with Crippen molar-refractivity contribution in [3.63, 3.8) is 0 Å². The maximum absolute atomic E-state index is 12.8. The van der Waals surface area contributed by atoms with Crippen LogP contribution in [0.1, 0.15) is 41.2 Å². The first-order valence-electron chi connectivity index (χ1n) is 11.4. The lowest BCUT2D eigenvalue weighted by Crippen LogP contribution is -2.38. The minimum atomic E-state index is -0.198. The van der Waals surface area contributed by atoms with Gasteiger partial charge in [0.15, 0.2) is 5.82 Å². The number of amides is 1. The average molecular weight is 431 g/mol. The van der Waals surface area contributed by atoms with Crippen LogP contribution >= 0.6 is 0 Å². The van der Waals surface area contributed by atoms with Crippen LogP contribution < -0.4 is 5.32 Å². The molecule has 2 heterocycles. The van der Waals surface area contributed by atoms with Crippen LogP contribution in [-0.2, 0) is 23.2 Å². The number of hydrogen-bond donors (Lipinski definition) is 1. The number of likely N-dealkylation sites (tertiary alicyclic amines) is 1. The molecule has 6 nitrogen and oxygen atoms in total. The molecule has 1 saturated heterocycles. The van der Waals surface area contributed by atoms with Crippen molar-refractivity contribution in [2.45, 2.75) is 51.1 Å². The van der Waals surface area contributed by atoms with Crippen molar-refractivity contribution < 1.29 is 9.32 Å². The second-order valence-corrected chi connectivity index (χ2v) is 9.46. The van der Waals surface area contributed by atoms with Crippen LogP contribution in [0.15, 0.2) is 59.1 Å². The summed E-state index contributed by atoms with van der Waals surface area (Å²) in [5, 5.41) is 7.39. The van der Waals surface area contributed by atoms with Gasteiger partial charge in [-0.05, 0) is 49.3 Å². The SMILES string of the molecule is Cc1noc(C23CC(NC(=O)Cc4ccccc4C)CC2CN(Cc2ccccc2)C3)n1. The first-order valence-corrected chi connectivity index (χ1v) is 11.4. The lowest BCUT2D eigenvalue weighted by Gasteiger charge is -2.25. The van der Waals surface area contributed by atoms with E-state index in [2.05, 4.69) is 63.7 Å². The molecule has 1 saturated carbocycles. The molecule has 32 heavy (non-hydrogen) atoms. The third-order valence-corrected chi connectivity index (χ3v) is 7.13. The monoisotopic (exact) mass is 430 g/mol. The topological polar surface area (TPSA) is 71.3 Å². The van der Waals surface area contributed by atoms with Crippen molar-refractivity contribution in [1.29, 1.82) is 0 Å². The van der Waals surface area contributed by atoms with Crippen molar-refractivity contribution in [1.82, 2.24) is 20.4 Å². The molecule has 1 amide bonds. The third kappa shape index (κ3) is 4.07. The zero-order chi connectivity index (χ0) is 22.1. The highest BCUT2D eigenvalue weighted by atomic mass is 16.5. The van der Waals surface area contributed by atoms with E-state index >= 15 is 0 Å². The number of carbonyl (C=O) groups is 1. The Bertz CT molecular complexity index is 1100.